The molecule has 1 aromatic carbocycles. The monoisotopic (exact) mass is 265 g/mol. The third-order valence-electron chi connectivity index (χ3n) is 3.08. The molecule has 0 atom stereocenters. The molecule has 7 nitrogen and oxygen atoms in total. The van der Waals surface area contributed by atoms with E-state index in [9.17, 15) is 0 Å². The van der Waals surface area contributed by atoms with Gasteiger partial charge in [0.1, 0.15) is 11.6 Å². The maximum absolute atomic E-state index is 9.10. The Morgan fingerprint density at radius 2 is 2.30 bits per heavy atom. The highest BCUT2D eigenvalue weighted by Gasteiger charge is 2.07. The Morgan fingerprint density at radius 1 is 1.40 bits per heavy atom. The fourth-order valence-corrected chi connectivity index (χ4v) is 2.01. The number of aryl methyl sites for hydroxylation is 1. The molecule has 2 heterocycles. The number of fused-ring (bicyclic) bond motifs is 1. The van der Waals surface area contributed by atoms with Crippen molar-refractivity contribution >= 4 is 22.2 Å². The van der Waals surface area contributed by atoms with Crippen LogP contribution in [0, 0.1) is 18.3 Å². The number of hydrogen-bond donors (Lipinski definition) is 3. The van der Waals surface area contributed by atoms with Gasteiger partial charge >= 0.3 is 0 Å². The predicted octanol–water partition coefficient (Wildman–Crippen LogP) is 1.97. The molecule has 3 rings (SSSR count). The van der Waals surface area contributed by atoms with E-state index in [0.717, 1.165) is 22.2 Å². The zero-order chi connectivity index (χ0) is 13.9. The lowest BCUT2D eigenvalue weighted by atomic mass is 10.1. The van der Waals surface area contributed by atoms with Gasteiger partial charge in [-0.3, -0.25) is 0 Å². The molecule has 0 bridgehead atoms. The summed E-state index contributed by atoms with van der Waals surface area (Å²) in [6.07, 6.45) is 3.48. The molecule has 0 aliphatic heterocycles. The van der Waals surface area contributed by atoms with Gasteiger partial charge in [0.15, 0.2) is 0 Å². The molecule has 0 saturated heterocycles. The van der Waals surface area contributed by atoms with Crippen LogP contribution in [0.3, 0.4) is 0 Å². The van der Waals surface area contributed by atoms with E-state index >= 15 is 0 Å². The molecule has 3 aromatic rings. The van der Waals surface area contributed by atoms with Gasteiger partial charge in [-0.15, -0.1) is 10.2 Å². The van der Waals surface area contributed by atoms with E-state index in [1.165, 1.54) is 0 Å². The van der Waals surface area contributed by atoms with E-state index in [1.54, 1.807) is 6.20 Å². The summed E-state index contributed by atoms with van der Waals surface area (Å²) in [5.41, 5.74) is 3.42. The lowest BCUT2D eigenvalue weighted by Crippen LogP contribution is -1.95. The van der Waals surface area contributed by atoms with Crippen molar-refractivity contribution in [3.63, 3.8) is 0 Å². The molecule has 20 heavy (non-hydrogen) atoms. The molecule has 2 aromatic heterocycles. The van der Waals surface area contributed by atoms with Gasteiger partial charge in [0.05, 0.1) is 0 Å². The summed E-state index contributed by atoms with van der Waals surface area (Å²) in [4.78, 5) is 3.16. The summed E-state index contributed by atoms with van der Waals surface area (Å²) in [7, 11) is 0. The van der Waals surface area contributed by atoms with Crippen molar-refractivity contribution in [2.24, 2.45) is 0 Å². The molecule has 0 aliphatic carbocycles. The highest BCUT2D eigenvalue weighted by molar-refractivity contribution is 5.88. The second-order valence-electron chi connectivity index (χ2n) is 4.23. The second-order valence-corrected chi connectivity index (χ2v) is 4.23. The number of benzene rings is 1. The number of aromatic nitrogens is 5. The first kappa shape index (κ1) is 11.9. The van der Waals surface area contributed by atoms with E-state index in [0.29, 0.717) is 5.57 Å². The number of nitriles is 1. The van der Waals surface area contributed by atoms with E-state index in [1.807, 2.05) is 37.4 Å². The normalized spacial score (nSPS) is 11.5. The molecule has 0 saturated carbocycles. The first-order chi connectivity index (χ1) is 9.79. The Morgan fingerprint density at radius 3 is 3.05 bits per heavy atom. The van der Waals surface area contributed by atoms with Crippen LogP contribution in [0.5, 0.6) is 0 Å². The summed E-state index contributed by atoms with van der Waals surface area (Å²) in [6, 6.07) is 7.99. The van der Waals surface area contributed by atoms with Gasteiger partial charge in [0.2, 0.25) is 5.82 Å². The lowest BCUT2D eigenvalue weighted by molar-refractivity contribution is 0.881. The standard InChI is InChI=1S/C13H11N7/c1-8-10-4-5-15-12(10)3-2-11(8)16-7-9(6-14)13-17-19-20-18-13/h2-5,7,15-16H,1H3,(H,17,18,19,20). The smallest absolute Gasteiger partial charge is 0.216 e. The van der Waals surface area contributed by atoms with Gasteiger partial charge in [-0.1, -0.05) is 0 Å². The van der Waals surface area contributed by atoms with Crippen LogP contribution < -0.4 is 5.32 Å². The van der Waals surface area contributed by atoms with Crippen LogP contribution in [0.15, 0.2) is 30.6 Å². The summed E-state index contributed by atoms with van der Waals surface area (Å²) in [6.45, 7) is 2.02. The fourth-order valence-electron chi connectivity index (χ4n) is 2.01. The Bertz CT molecular complexity index is 805. The summed E-state index contributed by atoms with van der Waals surface area (Å²) >= 11 is 0. The second kappa shape index (κ2) is 4.85. The first-order valence-electron chi connectivity index (χ1n) is 5.97. The number of anilines is 1. The average Bonchev–Trinajstić information content (AvgIpc) is 3.12. The number of allylic oxidation sites excluding steroid dienone is 1. The molecule has 0 unspecified atom stereocenters. The SMILES string of the molecule is Cc1c(NC=C(C#N)c2nn[nH]n2)ccc2[nH]ccc12. The van der Waals surface area contributed by atoms with Gasteiger partial charge in [-0.2, -0.15) is 10.5 Å². The van der Waals surface area contributed by atoms with E-state index < -0.39 is 0 Å². The molecule has 0 fully saturated rings. The number of aromatic amines is 2. The third kappa shape index (κ3) is 1.99. The minimum Gasteiger partial charge on any atom is -0.361 e. The van der Waals surface area contributed by atoms with E-state index in [2.05, 4.69) is 30.9 Å². The minimum absolute atomic E-state index is 0.264. The van der Waals surface area contributed by atoms with Gasteiger partial charge in [0.25, 0.3) is 0 Å². The molecule has 7 heteroatoms. The van der Waals surface area contributed by atoms with Gasteiger partial charge in [-0.25, -0.2) is 0 Å². The van der Waals surface area contributed by atoms with Crippen LogP contribution in [-0.2, 0) is 0 Å². The summed E-state index contributed by atoms with van der Waals surface area (Å²) in [5, 5.41) is 26.7. The Hall–Kier alpha value is -3.14. The largest absolute Gasteiger partial charge is 0.361 e. The van der Waals surface area contributed by atoms with Crippen molar-refractivity contribution in [2.45, 2.75) is 6.92 Å². The molecule has 0 amide bonds. The molecule has 0 aliphatic rings. The van der Waals surface area contributed by atoms with Crippen molar-refractivity contribution in [2.75, 3.05) is 5.32 Å². The zero-order valence-corrected chi connectivity index (χ0v) is 10.7. The van der Waals surface area contributed by atoms with Crippen molar-refractivity contribution in [1.82, 2.24) is 25.6 Å². The van der Waals surface area contributed by atoms with Crippen LogP contribution in [0.25, 0.3) is 16.5 Å². The highest BCUT2D eigenvalue weighted by atomic mass is 15.5. The summed E-state index contributed by atoms with van der Waals surface area (Å²) < 4.78 is 0. The maximum atomic E-state index is 9.10. The van der Waals surface area contributed by atoms with Gasteiger partial charge in [-0.05, 0) is 35.9 Å². The van der Waals surface area contributed by atoms with Gasteiger partial charge in [0, 0.05) is 29.0 Å². The number of tetrazole rings is 1. The molecule has 98 valence electrons. The number of rotatable bonds is 3. The number of nitrogens with one attached hydrogen (secondary N) is 3. The molecule has 3 N–H and O–H groups in total. The van der Waals surface area contributed by atoms with E-state index in [-0.39, 0.29) is 5.82 Å². The quantitative estimate of drug-likeness (QED) is 0.628. The van der Waals surface area contributed by atoms with Crippen LogP contribution in [0.1, 0.15) is 11.4 Å². The van der Waals surface area contributed by atoms with E-state index in [4.69, 9.17) is 5.26 Å². The predicted molar refractivity (Wildman–Crippen MR) is 74.4 cm³/mol. The number of H-pyrrole nitrogens is 2. The zero-order valence-electron chi connectivity index (χ0n) is 10.7. The highest BCUT2D eigenvalue weighted by Crippen LogP contribution is 2.25. The third-order valence-corrected chi connectivity index (χ3v) is 3.08. The Kier molecular flexibility index (Phi) is 2.89. The van der Waals surface area contributed by atoms with Crippen LogP contribution in [0.4, 0.5) is 5.69 Å². The number of nitrogens with zero attached hydrogens (tertiary/aromatic N) is 4. The Balaban J connectivity index is 1.93. The minimum atomic E-state index is 0.264. The van der Waals surface area contributed by atoms with Crippen molar-refractivity contribution in [3.8, 4) is 6.07 Å². The Labute approximate surface area is 114 Å². The topological polar surface area (TPSA) is 106 Å². The first-order valence-corrected chi connectivity index (χ1v) is 5.97. The maximum Gasteiger partial charge on any atom is 0.216 e. The molecule has 0 spiro atoms. The summed E-state index contributed by atoms with van der Waals surface area (Å²) in [5.74, 6) is 0.264. The van der Waals surface area contributed by atoms with Crippen molar-refractivity contribution in [3.05, 3.63) is 42.0 Å². The molecular weight excluding hydrogens is 254 g/mol. The van der Waals surface area contributed by atoms with Crippen LogP contribution >= 0.6 is 0 Å². The molecule has 0 radical (unpaired) electrons. The van der Waals surface area contributed by atoms with Crippen molar-refractivity contribution < 1.29 is 0 Å². The fraction of sp³-hybridized carbons (Fsp3) is 0.0769. The lowest BCUT2D eigenvalue weighted by Gasteiger charge is -2.06. The van der Waals surface area contributed by atoms with Crippen LogP contribution in [0.2, 0.25) is 0 Å². The molecular formula is C13H11N7. The number of hydrogen-bond acceptors (Lipinski definition) is 5. The van der Waals surface area contributed by atoms with Crippen LogP contribution in [-0.4, -0.2) is 25.6 Å². The average molecular weight is 265 g/mol. The van der Waals surface area contributed by atoms with Crippen molar-refractivity contribution in [1.29, 1.82) is 5.26 Å². The van der Waals surface area contributed by atoms with Gasteiger partial charge < -0.3 is 10.3 Å².